The van der Waals surface area contributed by atoms with Gasteiger partial charge in [0.05, 0.1) is 13.2 Å². The summed E-state index contributed by atoms with van der Waals surface area (Å²) in [6.45, 7) is 0.853. The molecule has 3 N–H and O–H groups in total. The molecule has 0 radical (unpaired) electrons. The van der Waals surface area contributed by atoms with Gasteiger partial charge in [-0.3, -0.25) is 0 Å². The number of benzene rings is 1. The lowest BCUT2D eigenvalue weighted by Crippen LogP contribution is -2.38. The number of anilines is 1. The SMILES string of the molecule is OCCN(CCO)C(=S)Nc1ccccc1. The van der Waals surface area contributed by atoms with Crippen LogP contribution in [0.25, 0.3) is 0 Å². The number of hydrogen-bond acceptors (Lipinski definition) is 3. The lowest BCUT2D eigenvalue weighted by atomic mass is 10.3. The molecular weight excluding hydrogens is 224 g/mol. The van der Waals surface area contributed by atoms with Crippen molar-refractivity contribution < 1.29 is 10.2 Å². The predicted molar refractivity (Wildman–Crippen MR) is 68.4 cm³/mol. The predicted octanol–water partition coefficient (Wildman–Crippen LogP) is 0.670. The van der Waals surface area contributed by atoms with Crippen LogP contribution in [0.2, 0.25) is 0 Å². The maximum absolute atomic E-state index is 8.87. The monoisotopic (exact) mass is 240 g/mol. The van der Waals surface area contributed by atoms with Crippen LogP contribution < -0.4 is 5.32 Å². The van der Waals surface area contributed by atoms with Gasteiger partial charge in [0.2, 0.25) is 0 Å². The first-order chi connectivity index (χ1) is 7.77. The Morgan fingerprint density at radius 3 is 2.19 bits per heavy atom. The Hall–Kier alpha value is -1.17. The van der Waals surface area contributed by atoms with Crippen LogP contribution >= 0.6 is 12.2 Å². The third-order valence-corrected chi connectivity index (χ3v) is 2.41. The van der Waals surface area contributed by atoms with E-state index in [1.807, 2.05) is 30.3 Å². The molecule has 0 unspecified atom stereocenters. The molecule has 0 aliphatic carbocycles. The molecule has 1 rings (SSSR count). The summed E-state index contributed by atoms with van der Waals surface area (Å²) in [4.78, 5) is 1.72. The third-order valence-electron chi connectivity index (χ3n) is 2.05. The molecule has 0 aromatic heterocycles. The van der Waals surface area contributed by atoms with Crippen LogP contribution in [0.4, 0.5) is 5.69 Å². The number of aliphatic hydroxyl groups excluding tert-OH is 2. The lowest BCUT2D eigenvalue weighted by molar-refractivity contribution is 0.214. The highest BCUT2D eigenvalue weighted by Crippen LogP contribution is 2.06. The van der Waals surface area contributed by atoms with E-state index < -0.39 is 0 Å². The van der Waals surface area contributed by atoms with E-state index in [1.54, 1.807) is 4.90 Å². The average molecular weight is 240 g/mol. The van der Waals surface area contributed by atoms with Gasteiger partial charge in [-0.15, -0.1) is 0 Å². The van der Waals surface area contributed by atoms with Crippen LogP contribution in [0, 0.1) is 0 Å². The molecule has 0 saturated heterocycles. The van der Waals surface area contributed by atoms with E-state index in [9.17, 15) is 0 Å². The molecule has 0 heterocycles. The summed E-state index contributed by atoms with van der Waals surface area (Å²) in [5.41, 5.74) is 0.897. The lowest BCUT2D eigenvalue weighted by Gasteiger charge is -2.24. The third kappa shape index (κ3) is 4.14. The van der Waals surface area contributed by atoms with Crippen molar-refractivity contribution >= 4 is 23.0 Å². The zero-order valence-corrected chi connectivity index (χ0v) is 9.78. The van der Waals surface area contributed by atoms with Crippen molar-refractivity contribution in [2.45, 2.75) is 0 Å². The topological polar surface area (TPSA) is 55.7 Å². The maximum atomic E-state index is 8.87. The normalized spacial score (nSPS) is 9.88. The summed E-state index contributed by atoms with van der Waals surface area (Å²) in [5.74, 6) is 0. The van der Waals surface area contributed by atoms with E-state index >= 15 is 0 Å². The first-order valence-corrected chi connectivity index (χ1v) is 5.51. The molecule has 1 aromatic rings. The van der Waals surface area contributed by atoms with Gasteiger partial charge >= 0.3 is 0 Å². The van der Waals surface area contributed by atoms with Gasteiger partial charge in [-0.25, -0.2) is 0 Å². The zero-order valence-electron chi connectivity index (χ0n) is 8.97. The molecule has 0 fully saturated rings. The van der Waals surface area contributed by atoms with Gasteiger partial charge < -0.3 is 20.4 Å². The van der Waals surface area contributed by atoms with Crippen LogP contribution in [0.15, 0.2) is 30.3 Å². The molecule has 0 saturated carbocycles. The van der Waals surface area contributed by atoms with E-state index in [4.69, 9.17) is 22.4 Å². The fraction of sp³-hybridized carbons (Fsp3) is 0.364. The van der Waals surface area contributed by atoms with Crippen molar-refractivity contribution in [3.05, 3.63) is 30.3 Å². The maximum Gasteiger partial charge on any atom is 0.173 e. The summed E-state index contributed by atoms with van der Waals surface area (Å²) in [5, 5.41) is 21.3. The van der Waals surface area contributed by atoms with Crippen molar-refractivity contribution in [1.29, 1.82) is 0 Å². The summed E-state index contributed by atoms with van der Waals surface area (Å²) in [6.07, 6.45) is 0. The number of rotatable bonds is 5. The minimum absolute atomic E-state index is 0.0105. The van der Waals surface area contributed by atoms with E-state index in [-0.39, 0.29) is 13.2 Å². The summed E-state index contributed by atoms with van der Waals surface area (Å²) in [6, 6.07) is 9.55. The standard InChI is InChI=1S/C11H16N2O2S/c14-8-6-13(7-9-15)11(16)12-10-4-2-1-3-5-10/h1-5,14-15H,6-9H2,(H,12,16). The highest BCUT2D eigenvalue weighted by molar-refractivity contribution is 7.80. The summed E-state index contributed by atoms with van der Waals surface area (Å²) in [7, 11) is 0. The van der Waals surface area contributed by atoms with Crippen molar-refractivity contribution in [2.75, 3.05) is 31.6 Å². The quantitative estimate of drug-likeness (QED) is 0.661. The molecule has 0 amide bonds. The Kier molecular flexibility index (Phi) is 5.77. The second-order valence-electron chi connectivity index (χ2n) is 3.23. The molecule has 0 bridgehead atoms. The van der Waals surface area contributed by atoms with Gasteiger partial charge in [0.1, 0.15) is 0 Å². The molecular formula is C11H16N2O2S. The molecule has 5 heteroatoms. The van der Waals surface area contributed by atoms with Gasteiger partial charge in [0.15, 0.2) is 5.11 Å². The van der Waals surface area contributed by atoms with Gasteiger partial charge in [0, 0.05) is 18.8 Å². The Morgan fingerprint density at radius 2 is 1.69 bits per heavy atom. The van der Waals surface area contributed by atoms with Crippen LogP contribution in [0.5, 0.6) is 0 Å². The van der Waals surface area contributed by atoms with Crippen LogP contribution in [0.1, 0.15) is 0 Å². The van der Waals surface area contributed by atoms with Crippen LogP contribution in [-0.2, 0) is 0 Å². The zero-order chi connectivity index (χ0) is 11.8. The molecule has 0 aliphatic heterocycles. The number of hydrogen-bond donors (Lipinski definition) is 3. The van der Waals surface area contributed by atoms with E-state index in [0.717, 1.165) is 5.69 Å². The van der Waals surface area contributed by atoms with Crippen molar-refractivity contribution in [2.24, 2.45) is 0 Å². The van der Waals surface area contributed by atoms with E-state index in [1.165, 1.54) is 0 Å². The highest BCUT2D eigenvalue weighted by Gasteiger charge is 2.07. The fourth-order valence-corrected chi connectivity index (χ4v) is 1.58. The van der Waals surface area contributed by atoms with E-state index in [2.05, 4.69) is 5.32 Å². The van der Waals surface area contributed by atoms with Gasteiger partial charge in [-0.2, -0.15) is 0 Å². The molecule has 88 valence electrons. The Bertz CT molecular complexity index is 313. The number of thiocarbonyl (C=S) groups is 1. The second-order valence-corrected chi connectivity index (χ2v) is 3.62. The first-order valence-electron chi connectivity index (χ1n) is 5.10. The highest BCUT2D eigenvalue weighted by atomic mass is 32.1. The Labute approximate surface area is 101 Å². The number of nitrogens with one attached hydrogen (secondary N) is 1. The minimum Gasteiger partial charge on any atom is -0.395 e. The molecule has 0 spiro atoms. The number of para-hydroxylation sites is 1. The molecule has 0 aliphatic rings. The molecule has 0 atom stereocenters. The van der Waals surface area contributed by atoms with Crippen molar-refractivity contribution in [1.82, 2.24) is 4.90 Å². The first kappa shape index (κ1) is 12.9. The molecule has 1 aromatic carbocycles. The Balaban J connectivity index is 2.55. The minimum atomic E-state index is 0.0105. The van der Waals surface area contributed by atoms with Gasteiger partial charge in [-0.05, 0) is 24.4 Å². The Morgan fingerprint density at radius 1 is 1.12 bits per heavy atom. The smallest absolute Gasteiger partial charge is 0.173 e. The summed E-state index contributed by atoms with van der Waals surface area (Å²) >= 11 is 5.18. The van der Waals surface area contributed by atoms with Crippen molar-refractivity contribution in [3.63, 3.8) is 0 Å². The van der Waals surface area contributed by atoms with Crippen LogP contribution in [-0.4, -0.2) is 46.5 Å². The second kappa shape index (κ2) is 7.16. The van der Waals surface area contributed by atoms with Crippen LogP contribution in [0.3, 0.4) is 0 Å². The van der Waals surface area contributed by atoms with Crippen molar-refractivity contribution in [3.8, 4) is 0 Å². The molecule has 16 heavy (non-hydrogen) atoms. The van der Waals surface area contributed by atoms with E-state index in [0.29, 0.717) is 18.2 Å². The molecule has 4 nitrogen and oxygen atoms in total. The fourth-order valence-electron chi connectivity index (χ4n) is 1.28. The largest absolute Gasteiger partial charge is 0.395 e. The average Bonchev–Trinajstić information content (AvgIpc) is 2.30. The number of aliphatic hydroxyl groups is 2. The number of nitrogens with zero attached hydrogens (tertiary/aromatic N) is 1. The van der Waals surface area contributed by atoms with Gasteiger partial charge in [-0.1, -0.05) is 18.2 Å². The summed E-state index contributed by atoms with van der Waals surface area (Å²) < 4.78 is 0. The van der Waals surface area contributed by atoms with Gasteiger partial charge in [0.25, 0.3) is 0 Å².